The third kappa shape index (κ3) is 1.69. The molecule has 0 aliphatic heterocycles. The molecule has 1 aromatic heterocycles. The largest absolute Gasteiger partial charge is 0.322 e. The second-order valence-electron chi connectivity index (χ2n) is 3.51. The zero-order valence-electron chi connectivity index (χ0n) is 8.67. The van der Waals surface area contributed by atoms with Gasteiger partial charge in [-0.3, -0.25) is 5.84 Å². The van der Waals surface area contributed by atoms with Crippen LogP contribution in [0.3, 0.4) is 0 Å². The first-order valence-electron chi connectivity index (χ1n) is 4.78. The van der Waals surface area contributed by atoms with Crippen LogP contribution in [0.4, 0.5) is 14.5 Å². The number of nitrogens with two attached hydrogens (primary N) is 1. The zero-order chi connectivity index (χ0) is 11.7. The van der Waals surface area contributed by atoms with Crippen molar-refractivity contribution in [3.05, 3.63) is 35.5 Å². The van der Waals surface area contributed by atoms with E-state index in [2.05, 4.69) is 10.4 Å². The summed E-state index contributed by atoms with van der Waals surface area (Å²) >= 11 is 0. The van der Waals surface area contributed by atoms with Gasteiger partial charge in [-0.05, 0) is 18.6 Å². The highest BCUT2D eigenvalue weighted by Crippen LogP contribution is 2.29. The van der Waals surface area contributed by atoms with E-state index in [4.69, 9.17) is 5.84 Å². The number of rotatable bonds is 2. The molecule has 3 N–H and O–H groups in total. The Morgan fingerprint density at radius 1 is 1.38 bits per heavy atom. The molecule has 1 aromatic carbocycles. The fraction of sp³-hybridized carbons (Fsp3) is 0.182. The highest BCUT2D eigenvalue weighted by atomic mass is 19.3. The average molecular weight is 223 g/mol. The molecule has 0 bridgehead atoms. The Labute approximate surface area is 91.3 Å². The normalized spacial score (nSPS) is 11.1. The molecule has 0 radical (unpaired) electrons. The van der Waals surface area contributed by atoms with E-state index in [0.717, 1.165) is 10.9 Å². The maximum Gasteiger partial charge on any atom is 0.282 e. The number of halogens is 2. The lowest BCUT2D eigenvalue weighted by atomic mass is 10.1. The first-order chi connectivity index (χ1) is 7.63. The van der Waals surface area contributed by atoms with Crippen molar-refractivity contribution >= 4 is 16.6 Å². The molecule has 0 unspecified atom stereocenters. The molecule has 5 heteroatoms. The number of hydrogen-bond acceptors (Lipinski definition) is 3. The van der Waals surface area contributed by atoms with Crippen molar-refractivity contribution in [1.29, 1.82) is 0 Å². The molecule has 0 saturated heterocycles. The lowest BCUT2D eigenvalue weighted by Gasteiger charge is -2.10. The first kappa shape index (κ1) is 10.8. The SMILES string of the molecule is Cc1cccc2cc(NN)c(C(F)F)nc12. The summed E-state index contributed by atoms with van der Waals surface area (Å²) in [7, 11) is 0. The Hall–Kier alpha value is -1.75. The summed E-state index contributed by atoms with van der Waals surface area (Å²) in [5, 5.41) is 0.789. The molecule has 16 heavy (non-hydrogen) atoms. The molecule has 0 saturated carbocycles. The van der Waals surface area contributed by atoms with Gasteiger partial charge in [0.15, 0.2) is 0 Å². The number of alkyl halides is 2. The van der Waals surface area contributed by atoms with E-state index < -0.39 is 6.43 Å². The van der Waals surface area contributed by atoms with Gasteiger partial charge in [0, 0.05) is 5.39 Å². The van der Waals surface area contributed by atoms with Crippen LogP contribution >= 0.6 is 0 Å². The minimum atomic E-state index is -2.64. The minimum absolute atomic E-state index is 0.160. The standard InChI is InChI=1S/C11H11F2N3/c1-6-3-2-4-7-5-8(16-14)10(11(12)13)15-9(6)7/h2-5,11,16H,14H2,1H3. The maximum absolute atomic E-state index is 12.7. The van der Waals surface area contributed by atoms with Crippen molar-refractivity contribution in [2.24, 2.45) is 5.84 Å². The number of hydrogen-bond donors (Lipinski definition) is 2. The molecule has 2 aromatic rings. The van der Waals surface area contributed by atoms with Crippen LogP contribution in [0.2, 0.25) is 0 Å². The molecule has 0 atom stereocenters. The molecule has 84 valence electrons. The number of fused-ring (bicyclic) bond motifs is 1. The van der Waals surface area contributed by atoms with Crippen LogP contribution in [0.25, 0.3) is 10.9 Å². The van der Waals surface area contributed by atoms with Crippen molar-refractivity contribution < 1.29 is 8.78 Å². The molecule has 2 rings (SSSR count). The van der Waals surface area contributed by atoms with Crippen LogP contribution in [-0.4, -0.2) is 4.98 Å². The molecule has 0 amide bonds. The van der Waals surface area contributed by atoms with Gasteiger partial charge in [0.1, 0.15) is 5.69 Å². The van der Waals surface area contributed by atoms with Crippen molar-refractivity contribution in [1.82, 2.24) is 4.98 Å². The quantitative estimate of drug-likeness (QED) is 0.608. The number of aryl methyl sites for hydroxylation is 1. The van der Waals surface area contributed by atoms with E-state index in [1.165, 1.54) is 0 Å². The molecule has 0 aliphatic rings. The van der Waals surface area contributed by atoms with Gasteiger partial charge in [-0.2, -0.15) is 0 Å². The summed E-state index contributed by atoms with van der Waals surface area (Å²) in [6, 6.07) is 7.07. The number of aromatic nitrogens is 1. The van der Waals surface area contributed by atoms with Crippen molar-refractivity contribution in [3.63, 3.8) is 0 Å². The van der Waals surface area contributed by atoms with Gasteiger partial charge < -0.3 is 5.43 Å². The fourth-order valence-electron chi connectivity index (χ4n) is 1.64. The fourth-order valence-corrected chi connectivity index (χ4v) is 1.64. The molecule has 1 heterocycles. The van der Waals surface area contributed by atoms with Crippen LogP contribution in [0.5, 0.6) is 0 Å². The molecule has 0 fully saturated rings. The number of hydrazine groups is 1. The summed E-state index contributed by atoms with van der Waals surface area (Å²) in [6.45, 7) is 1.83. The highest BCUT2D eigenvalue weighted by Gasteiger charge is 2.16. The minimum Gasteiger partial charge on any atom is -0.322 e. The van der Waals surface area contributed by atoms with E-state index in [0.29, 0.717) is 5.52 Å². The van der Waals surface area contributed by atoms with Crippen LogP contribution < -0.4 is 11.3 Å². The lowest BCUT2D eigenvalue weighted by molar-refractivity contribution is 0.147. The Morgan fingerprint density at radius 2 is 2.12 bits per heavy atom. The van der Waals surface area contributed by atoms with Crippen LogP contribution in [0.1, 0.15) is 17.7 Å². The molecular formula is C11H11F2N3. The van der Waals surface area contributed by atoms with Gasteiger partial charge in [-0.15, -0.1) is 0 Å². The Kier molecular flexibility index (Phi) is 2.70. The zero-order valence-corrected chi connectivity index (χ0v) is 8.67. The number of nitrogen functional groups attached to an aromatic ring is 1. The predicted octanol–water partition coefficient (Wildman–Crippen LogP) is 2.77. The van der Waals surface area contributed by atoms with E-state index in [-0.39, 0.29) is 11.4 Å². The molecule has 0 aliphatic carbocycles. The summed E-state index contributed by atoms with van der Waals surface area (Å²) in [5.74, 6) is 5.19. The van der Waals surface area contributed by atoms with Crippen LogP contribution in [0, 0.1) is 6.92 Å². The summed E-state index contributed by atoms with van der Waals surface area (Å²) in [6.07, 6.45) is -2.64. The first-order valence-corrected chi connectivity index (χ1v) is 4.78. The smallest absolute Gasteiger partial charge is 0.282 e. The van der Waals surface area contributed by atoms with E-state index in [1.807, 2.05) is 25.1 Å². The highest BCUT2D eigenvalue weighted by molar-refractivity contribution is 5.85. The van der Waals surface area contributed by atoms with Gasteiger partial charge in [0.25, 0.3) is 6.43 Å². The Morgan fingerprint density at radius 3 is 2.75 bits per heavy atom. The molecular weight excluding hydrogens is 212 g/mol. The summed E-state index contributed by atoms with van der Waals surface area (Å²) < 4.78 is 25.4. The van der Waals surface area contributed by atoms with Gasteiger partial charge in [-0.1, -0.05) is 18.2 Å². The summed E-state index contributed by atoms with van der Waals surface area (Å²) in [5.41, 5.74) is 3.54. The van der Waals surface area contributed by atoms with Crippen LogP contribution in [0.15, 0.2) is 24.3 Å². The van der Waals surface area contributed by atoms with Crippen molar-refractivity contribution in [2.75, 3.05) is 5.43 Å². The van der Waals surface area contributed by atoms with E-state index in [1.54, 1.807) is 6.07 Å². The number of pyridine rings is 1. The predicted molar refractivity (Wildman–Crippen MR) is 59.2 cm³/mol. The van der Waals surface area contributed by atoms with E-state index in [9.17, 15) is 8.78 Å². The lowest BCUT2D eigenvalue weighted by Crippen LogP contribution is -2.11. The third-order valence-electron chi connectivity index (χ3n) is 2.44. The number of para-hydroxylation sites is 1. The topological polar surface area (TPSA) is 50.9 Å². The number of nitrogens with zero attached hydrogens (tertiary/aromatic N) is 1. The maximum atomic E-state index is 12.7. The van der Waals surface area contributed by atoms with Crippen molar-refractivity contribution in [3.8, 4) is 0 Å². The Bertz CT molecular complexity index is 526. The second-order valence-corrected chi connectivity index (χ2v) is 3.51. The second kappa shape index (κ2) is 4.02. The summed E-state index contributed by atoms with van der Waals surface area (Å²) in [4.78, 5) is 3.95. The van der Waals surface area contributed by atoms with Gasteiger partial charge in [0.2, 0.25) is 0 Å². The third-order valence-corrected chi connectivity index (χ3v) is 2.44. The average Bonchev–Trinajstić information content (AvgIpc) is 2.27. The van der Waals surface area contributed by atoms with Crippen LogP contribution in [-0.2, 0) is 0 Å². The molecule has 0 spiro atoms. The van der Waals surface area contributed by atoms with E-state index >= 15 is 0 Å². The Balaban J connectivity index is 2.76. The van der Waals surface area contributed by atoms with Gasteiger partial charge >= 0.3 is 0 Å². The number of nitrogens with one attached hydrogen (secondary N) is 1. The number of benzene rings is 1. The van der Waals surface area contributed by atoms with Crippen molar-refractivity contribution in [2.45, 2.75) is 13.3 Å². The monoisotopic (exact) mass is 223 g/mol. The number of anilines is 1. The van der Waals surface area contributed by atoms with Gasteiger partial charge in [-0.25, -0.2) is 13.8 Å². The molecule has 3 nitrogen and oxygen atoms in total. The van der Waals surface area contributed by atoms with Gasteiger partial charge in [0.05, 0.1) is 11.2 Å².